The quantitative estimate of drug-likeness (QED) is 0.619. The first kappa shape index (κ1) is 10.7. The molecule has 0 saturated carbocycles. The van der Waals surface area contributed by atoms with E-state index in [2.05, 4.69) is 26.8 Å². The second kappa shape index (κ2) is 5.40. The minimum absolute atomic E-state index is 0.841. The molecule has 0 atom stereocenters. The van der Waals surface area contributed by atoms with Crippen molar-refractivity contribution in [2.45, 2.75) is 40.2 Å². The van der Waals surface area contributed by atoms with E-state index in [1.54, 1.807) is 0 Å². The van der Waals surface area contributed by atoms with Gasteiger partial charge in [0.2, 0.25) is 0 Å². The predicted octanol–water partition coefficient (Wildman–Crippen LogP) is 3.55. The highest BCUT2D eigenvalue weighted by atomic mass is 32.1. The summed E-state index contributed by atoms with van der Waals surface area (Å²) in [4.78, 5) is 2.85. The fraction of sp³-hybridized carbons (Fsp3) is 0.636. The van der Waals surface area contributed by atoms with Gasteiger partial charge < -0.3 is 4.74 Å². The van der Waals surface area contributed by atoms with Gasteiger partial charge in [0.15, 0.2) is 0 Å². The van der Waals surface area contributed by atoms with Crippen LogP contribution in [0.4, 0.5) is 0 Å². The summed E-state index contributed by atoms with van der Waals surface area (Å²) in [5, 5.41) is 0. The van der Waals surface area contributed by atoms with E-state index in [1.807, 2.05) is 11.3 Å². The lowest BCUT2D eigenvalue weighted by atomic mass is 10.1. The van der Waals surface area contributed by atoms with Crippen LogP contribution in [0.25, 0.3) is 0 Å². The zero-order valence-corrected chi connectivity index (χ0v) is 9.54. The monoisotopic (exact) mass is 198 g/mol. The van der Waals surface area contributed by atoms with Gasteiger partial charge in [-0.2, -0.15) is 0 Å². The lowest BCUT2D eigenvalue weighted by Crippen LogP contribution is -2.05. The molecule has 1 aromatic rings. The average Bonchev–Trinajstić information content (AvgIpc) is 2.45. The second-order valence-corrected chi connectivity index (χ2v) is 4.66. The second-order valence-electron chi connectivity index (χ2n) is 3.32. The van der Waals surface area contributed by atoms with Gasteiger partial charge in [-0.05, 0) is 25.0 Å². The first-order chi connectivity index (χ1) is 6.27. The molecule has 0 spiro atoms. The fourth-order valence-electron chi connectivity index (χ4n) is 1.30. The highest BCUT2D eigenvalue weighted by Crippen LogP contribution is 2.25. The Bertz CT molecular complexity index is 229. The van der Waals surface area contributed by atoms with Crippen LogP contribution in [-0.4, -0.2) is 6.61 Å². The van der Waals surface area contributed by atoms with Gasteiger partial charge in [-0.1, -0.05) is 20.3 Å². The van der Waals surface area contributed by atoms with Crippen LogP contribution >= 0.6 is 11.3 Å². The molecule has 1 aromatic heterocycles. The van der Waals surface area contributed by atoms with Gasteiger partial charge >= 0.3 is 0 Å². The van der Waals surface area contributed by atoms with Crippen LogP contribution in [0.15, 0.2) is 6.07 Å². The third kappa shape index (κ3) is 3.12. The summed E-state index contributed by atoms with van der Waals surface area (Å²) in [6.45, 7) is 8.15. The van der Waals surface area contributed by atoms with Gasteiger partial charge in [-0.15, -0.1) is 11.3 Å². The van der Waals surface area contributed by atoms with E-state index in [0.717, 1.165) is 19.6 Å². The predicted molar refractivity (Wildman–Crippen MR) is 58.4 cm³/mol. The summed E-state index contributed by atoms with van der Waals surface area (Å²) in [7, 11) is 0. The molecular formula is C11H18OS. The molecule has 2 heteroatoms. The molecular weight excluding hydrogens is 180 g/mol. The molecule has 0 aromatic carbocycles. The number of ether oxygens (including phenoxy) is 1. The van der Waals surface area contributed by atoms with Crippen molar-refractivity contribution in [1.29, 1.82) is 0 Å². The van der Waals surface area contributed by atoms with Gasteiger partial charge in [-0.3, -0.25) is 0 Å². The smallest absolute Gasteiger partial charge is 0.0812 e. The number of fused-ring (bicyclic) bond motifs is 1. The molecule has 0 N–H and O–H groups in total. The van der Waals surface area contributed by atoms with Crippen molar-refractivity contribution in [3.63, 3.8) is 0 Å². The minimum Gasteiger partial charge on any atom is -0.376 e. The SMILES string of the molecule is CCC.Cc1cc2c(s1)COCC2. The Balaban J connectivity index is 0.000000251. The molecule has 13 heavy (non-hydrogen) atoms. The summed E-state index contributed by atoms with van der Waals surface area (Å²) in [5.41, 5.74) is 1.51. The van der Waals surface area contributed by atoms with E-state index in [-0.39, 0.29) is 0 Å². The summed E-state index contributed by atoms with van der Waals surface area (Å²) in [6, 6.07) is 2.28. The van der Waals surface area contributed by atoms with Gasteiger partial charge in [0.05, 0.1) is 13.2 Å². The molecule has 74 valence electrons. The van der Waals surface area contributed by atoms with E-state index in [1.165, 1.54) is 21.7 Å². The summed E-state index contributed by atoms with van der Waals surface area (Å²) in [5.74, 6) is 0. The lowest BCUT2D eigenvalue weighted by Gasteiger charge is -2.10. The van der Waals surface area contributed by atoms with Crippen molar-refractivity contribution >= 4 is 11.3 Å². The molecule has 0 radical (unpaired) electrons. The van der Waals surface area contributed by atoms with Crippen LogP contribution in [0.1, 0.15) is 35.6 Å². The van der Waals surface area contributed by atoms with E-state index >= 15 is 0 Å². The minimum atomic E-state index is 0.841. The molecule has 2 rings (SSSR count). The number of hydrogen-bond acceptors (Lipinski definition) is 2. The third-order valence-electron chi connectivity index (χ3n) is 1.77. The zero-order chi connectivity index (χ0) is 9.68. The molecule has 1 aliphatic rings. The third-order valence-corrected chi connectivity index (χ3v) is 2.83. The first-order valence-electron chi connectivity index (χ1n) is 4.93. The number of thiophene rings is 1. The Morgan fingerprint density at radius 3 is 2.77 bits per heavy atom. The summed E-state index contributed by atoms with van der Waals surface area (Å²) < 4.78 is 5.32. The van der Waals surface area contributed by atoms with Crippen molar-refractivity contribution < 1.29 is 4.74 Å². The highest BCUT2D eigenvalue weighted by Gasteiger charge is 2.11. The van der Waals surface area contributed by atoms with Crippen LogP contribution < -0.4 is 0 Å². The molecule has 1 nitrogen and oxygen atoms in total. The Morgan fingerprint density at radius 1 is 1.46 bits per heavy atom. The van der Waals surface area contributed by atoms with Crippen LogP contribution in [0.5, 0.6) is 0 Å². The maximum Gasteiger partial charge on any atom is 0.0812 e. The van der Waals surface area contributed by atoms with E-state index in [0.29, 0.717) is 0 Å². The molecule has 0 unspecified atom stereocenters. The van der Waals surface area contributed by atoms with Gasteiger partial charge in [-0.25, -0.2) is 0 Å². The van der Waals surface area contributed by atoms with Crippen LogP contribution in [-0.2, 0) is 17.8 Å². The van der Waals surface area contributed by atoms with E-state index in [9.17, 15) is 0 Å². The molecule has 2 heterocycles. The van der Waals surface area contributed by atoms with E-state index < -0.39 is 0 Å². The first-order valence-corrected chi connectivity index (χ1v) is 5.75. The lowest BCUT2D eigenvalue weighted by molar-refractivity contribution is 0.113. The van der Waals surface area contributed by atoms with Crippen molar-refractivity contribution in [2.75, 3.05) is 6.61 Å². The van der Waals surface area contributed by atoms with Crippen LogP contribution in [0, 0.1) is 6.92 Å². The molecule has 0 fully saturated rings. The van der Waals surface area contributed by atoms with Gasteiger partial charge in [0.25, 0.3) is 0 Å². The summed E-state index contributed by atoms with van der Waals surface area (Å²) >= 11 is 1.87. The van der Waals surface area contributed by atoms with E-state index in [4.69, 9.17) is 4.74 Å². The molecule has 0 bridgehead atoms. The van der Waals surface area contributed by atoms with Crippen LogP contribution in [0.2, 0.25) is 0 Å². The number of rotatable bonds is 0. The topological polar surface area (TPSA) is 9.23 Å². The number of hydrogen-bond donors (Lipinski definition) is 0. The van der Waals surface area contributed by atoms with Crippen molar-refractivity contribution in [2.24, 2.45) is 0 Å². The van der Waals surface area contributed by atoms with Gasteiger partial charge in [0.1, 0.15) is 0 Å². The number of aryl methyl sites for hydroxylation is 1. The standard InChI is InChI=1S/C8H10OS.C3H8/c1-6-4-7-2-3-9-5-8(7)10-6;1-3-2/h4H,2-3,5H2,1H3;3H2,1-2H3. The Kier molecular flexibility index (Phi) is 4.46. The zero-order valence-electron chi connectivity index (χ0n) is 8.72. The van der Waals surface area contributed by atoms with Crippen LogP contribution in [0.3, 0.4) is 0 Å². The maximum atomic E-state index is 5.32. The highest BCUT2D eigenvalue weighted by molar-refractivity contribution is 7.12. The largest absolute Gasteiger partial charge is 0.376 e. The Labute approximate surface area is 84.7 Å². The van der Waals surface area contributed by atoms with Crippen molar-refractivity contribution in [3.8, 4) is 0 Å². The normalized spacial score (nSPS) is 14.4. The average molecular weight is 198 g/mol. The van der Waals surface area contributed by atoms with Crippen molar-refractivity contribution in [3.05, 3.63) is 21.4 Å². The fourth-order valence-corrected chi connectivity index (χ4v) is 2.32. The molecule has 0 amide bonds. The summed E-state index contributed by atoms with van der Waals surface area (Å²) in [6.07, 6.45) is 2.36. The Morgan fingerprint density at radius 2 is 2.15 bits per heavy atom. The van der Waals surface area contributed by atoms with Crippen molar-refractivity contribution in [1.82, 2.24) is 0 Å². The van der Waals surface area contributed by atoms with Gasteiger partial charge in [0, 0.05) is 9.75 Å². The maximum absolute atomic E-state index is 5.32. The molecule has 0 aliphatic carbocycles. The molecule has 1 aliphatic heterocycles. The molecule has 0 saturated heterocycles. The Hall–Kier alpha value is -0.340.